The van der Waals surface area contributed by atoms with Gasteiger partial charge in [-0.2, -0.15) is 0 Å². The predicted octanol–water partition coefficient (Wildman–Crippen LogP) is 4.87. The lowest BCUT2D eigenvalue weighted by atomic mass is 9.99. The second-order valence-electron chi connectivity index (χ2n) is 5.51. The minimum atomic E-state index is -0.178. The zero-order valence-electron chi connectivity index (χ0n) is 13.1. The number of para-hydroxylation sites is 1. The molecule has 23 heavy (non-hydrogen) atoms. The van der Waals surface area contributed by atoms with E-state index in [1.807, 2.05) is 41.8 Å². The van der Waals surface area contributed by atoms with Crippen LogP contribution >= 0.6 is 11.3 Å². The summed E-state index contributed by atoms with van der Waals surface area (Å²) in [6.45, 7) is 4.14. The molecular weight excluding hydrogens is 304 g/mol. The lowest BCUT2D eigenvalue weighted by molar-refractivity contribution is 0.102. The van der Waals surface area contributed by atoms with E-state index >= 15 is 0 Å². The van der Waals surface area contributed by atoms with Gasteiger partial charge in [-0.1, -0.05) is 36.4 Å². The van der Waals surface area contributed by atoms with Gasteiger partial charge in [0.15, 0.2) is 0 Å². The van der Waals surface area contributed by atoms with E-state index in [9.17, 15) is 4.79 Å². The van der Waals surface area contributed by atoms with Crippen LogP contribution in [0.4, 0.5) is 10.7 Å². The van der Waals surface area contributed by atoms with Gasteiger partial charge in [0.05, 0.1) is 10.6 Å². The smallest absolute Gasteiger partial charge is 0.259 e. The van der Waals surface area contributed by atoms with Crippen LogP contribution < -0.4 is 11.1 Å². The molecule has 0 fully saturated rings. The zero-order chi connectivity index (χ0) is 16.4. The number of nitrogens with two attached hydrogens (primary N) is 1. The van der Waals surface area contributed by atoms with Gasteiger partial charge in [-0.05, 0) is 42.7 Å². The molecule has 0 saturated heterocycles. The summed E-state index contributed by atoms with van der Waals surface area (Å²) in [7, 11) is 0. The summed E-state index contributed by atoms with van der Waals surface area (Å²) >= 11 is 1.39. The second kappa shape index (κ2) is 6.26. The number of thiophene rings is 1. The summed E-state index contributed by atoms with van der Waals surface area (Å²) in [4.78, 5) is 12.7. The van der Waals surface area contributed by atoms with Gasteiger partial charge in [0.2, 0.25) is 0 Å². The summed E-state index contributed by atoms with van der Waals surface area (Å²) in [5, 5.41) is 5.39. The van der Waals surface area contributed by atoms with E-state index < -0.39 is 0 Å². The van der Waals surface area contributed by atoms with Crippen molar-refractivity contribution in [3.05, 3.63) is 70.6 Å². The zero-order valence-corrected chi connectivity index (χ0v) is 13.9. The third-order valence-electron chi connectivity index (χ3n) is 3.90. The van der Waals surface area contributed by atoms with E-state index in [1.165, 1.54) is 22.5 Å². The number of carbonyl (C=O) groups excluding carboxylic acids is 1. The first-order valence-corrected chi connectivity index (χ1v) is 8.25. The molecule has 3 nitrogen and oxygen atoms in total. The van der Waals surface area contributed by atoms with Crippen LogP contribution in [-0.2, 0) is 0 Å². The fourth-order valence-corrected chi connectivity index (χ4v) is 3.26. The summed E-state index contributed by atoms with van der Waals surface area (Å²) in [5.41, 5.74) is 11.7. The quantitative estimate of drug-likeness (QED) is 0.723. The number of nitrogen functional groups attached to an aromatic ring is 1. The molecule has 2 aromatic carbocycles. The van der Waals surface area contributed by atoms with E-state index in [0.29, 0.717) is 10.6 Å². The van der Waals surface area contributed by atoms with Crippen molar-refractivity contribution >= 4 is 27.9 Å². The number of aryl methyl sites for hydroxylation is 2. The van der Waals surface area contributed by atoms with Crippen molar-refractivity contribution in [3.63, 3.8) is 0 Å². The van der Waals surface area contributed by atoms with Crippen molar-refractivity contribution in [1.82, 2.24) is 0 Å². The molecule has 116 valence electrons. The topological polar surface area (TPSA) is 55.1 Å². The SMILES string of the molecule is Cc1ccc(-c2csc(N)c2C(=O)Nc2ccccc2)cc1C. The Morgan fingerprint density at radius 1 is 1.04 bits per heavy atom. The Kier molecular flexibility index (Phi) is 4.17. The summed E-state index contributed by atoms with van der Waals surface area (Å²) in [6, 6.07) is 15.6. The number of anilines is 2. The highest BCUT2D eigenvalue weighted by Crippen LogP contribution is 2.34. The molecular formula is C19H18N2OS. The van der Waals surface area contributed by atoms with Gasteiger partial charge in [-0.15, -0.1) is 11.3 Å². The number of nitrogens with one attached hydrogen (secondary N) is 1. The van der Waals surface area contributed by atoms with Gasteiger partial charge in [-0.3, -0.25) is 4.79 Å². The molecule has 0 aliphatic carbocycles. The highest BCUT2D eigenvalue weighted by molar-refractivity contribution is 7.15. The molecule has 4 heteroatoms. The fourth-order valence-electron chi connectivity index (χ4n) is 2.44. The first-order chi connectivity index (χ1) is 11.1. The molecule has 3 rings (SSSR count). The van der Waals surface area contributed by atoms with Crippen molar-refractivity contribution in [2.75, 3.05) is 11.1 Å². The lowest BCUT2D eigenvalue weighted by Crippen LogP contribution is -2.13. The van der Waals surface area contributed by atoms with Gasteiger partial charge in [0.1, 0.15) is 0 Å². The monoisotopic (exact) mass is 322 g/mol. The third kappa shape index (κ3) is 3.12. The van der Waals surface area contributed by atoms with Crippen LogP contribution in [0.1, 0.15) is 21.5 Å². The number of carbonyl (C=O) groups is 1. The van der Waals surface area contributed by atoms with Gasteiger partial charge in [0.25, 0.3) is 5.91 Å². The minimum Gasteiger partial charge on any atom is -0.390 e. The van der Waals surface area contributed by atoms with Gasteiger partial charge < -0.3 is 11.1 Å². The first kappa shape index (κ1) is 15.3. The molecule has 1 amide bonds. The molecule has 1 heterocycles. The van der Waals surface area contributed by atoms with Gasteiger partial charge in [-0.25, -0.2) is 0 Å². The Labute approximate surface area is 139 Å². The molecule has 3 N–H and O–H groups in total. The van der Waals surface area contributed by atoms with Crippen LogP contribution in [0.15, 0.2) is 53.9 Å². The standard InChI is InChI=1S/C19H18N2OS/c1-12-8-9-14(10-13(12)2)16-11-23-18(20)17(16)19(22)21-15-6-4-3-5-7-15/h3-11H,20H2,1-2H3,(H,21,22). The number of rotatable bonds is 3. The normalized spacial score (nSPS) is 10.5. The maximum atomic E-state index is 12.7. The number of hydrogen-bond acceptors (Lipinski definition) is 3. The van der Waals surface area contributed by atoms with E-state index in [0.717, 1.165) is 16.8 Å². The number of amides is 1. The molecule has 1 aromatic heterocycles. The summed E-state index contributed by atoms with van der Waals surface area (Å²) in [6.07, 6.45) is 0. The van der Waals surface area contributed by atoms with Crippen LogP contribution in [0.2, 0.25) is 0 Å². The molecule has 0 aliphatic rings. The van der Waals surface area contributed by atoms with Crippen LogP contribution in [-0.4, -0.2) is 5.91 Å². The molecule has 0 atom stereocenters. The van der Waals surface area contributed by atoms with Gasteiger partial charge in [0, 0.05) is 16.6 Å². The lowest BCUT2D eigenvalue weighted by Gasteiger charge is -2.09. The maximum Gasteiger partial charge on any atom is 0.259 e. The predicted molar refractivity (Wildman–Crippen MR) is 98.0 cm³/mol. The van der Waals surface area contributed by atoms with Crippen molar-refractivity contribution in [2.24, 2.45) is 0 Å². The molecule has 0 saturated carbocycles. The molecule has 3 aromatic rings. The Morgan fingerprint density at radius 3 is 2.48 bits per heavy atom. The Bertz CT molecular complexity index is 853. The second-order valence-corrected chi connectivity index (χ2v) is 6.42. The van der Waals surface area contributed by atoms with Crippen molar-refractivity contribution in [3.8, 4) is 11.1 Å². The molecule has 0 radical (unpaired) electrons. The number of hydrogen-bond donors (Lipinski definition) is 2. The van der Waals surface area contributed by atoms with E-state index in [1.54, 1.807) is 0 Å². The summed E-state index contributed by atoms with van der Waals surface area (Å²) in [5.74, 6) is -0.178. The van der Waals surface area contributed by atoms with E-state index in [-0.39, 0.29) is 5.91 Å². The van der Waals surface area contributed by atoms with E-state index in [4.69, 9.17) is 5.73 Å². The minimum absolute atomic E-state index is 0.178. The molecule has 0 spiro atoms. The highest BCUT2D eigenvalue weighted by atomic mass is 32.1. The van der Waals surface area contributed by atoms with Crippen molar-refractivity contribution in [2.45, 2.75) is 13.8 Å². The Morgan fingerprint density at radius 2 is 1.78 bits per heavy atom. The molecule has 0 unspecified atom stereocenters. The Hall–Kier alpha value is -2.59. The highest BCUT2D eigenvalue weighted by Gasteiger charge is 2.19. The van der Waals surface area contributed by atoms with Crippen LogP contribution in [0, 0.1) is 13.8 Å². The van der Waals surface area contributed by atoms with Gasteiger partial charge >= 0.3 is 0 Å². The maximum absolute atomic E-state index is 12.7. The summed E-state index contributed by atoms with van der Waals surface area (Å²) < 4.78 is 0. The number of benzene rings is 2. The van der Waals surface area contributed by atoms with E-state index in [2.05, 4.69) is 31.3 Å². The molecule has 0 bridgehead atoms. The van der Waals surface area contributed by atoms with Crippen LogP contribution in [0.5, 0.6) is 0 Å². The van der Waals surface area contributed by atoms with Crippen molar-refractivity contribution < 1.29 is 4.79 Å². The third-order valence-corrected chi connectivity index (χ3v) is 4.71. The largest absolute Gasteiger partial charge is 0.390 e. The fraction of sp³-hybridized carbons (Fsp3) is 0.105. The average Bonchev–Trinajstić information content (AvgIpc) is 2.93. The Balaban J connectivity index is 1.98. The van der Waals surface area contributed by atoms with Crippen LogP contribution in [0.25, 0.3) is 11.1 Å². The first-order valence-electron chi connectivity index (χ1n) is 7.37. The average molecular weight is 322 g/mol. The van der Waals surface area contributed by atoms with Crippen molar-refractivity contribution in [1.29, 1.82) is 0 Å². The molecule has 0 aliphatic heterocycles. The van der Waals surface area contributed by atoms with Crippen LogP contribution in [0.3, 0.4) is 0 Å².